The van der Waals surface area contributed by atoms with Crippen molar-refractivity contribution in [2.45, 2.75) is 45.9 Å². The Morgan fingerprint density at radius 3 is 2.53 bits per heavy atom. The maximum absolute atomic E-state index is 13.3. The van der Waals surface area contributed by atoms with Crippen molar-refractivity contribution >= 4 is 11.9 Å². The lowest BCUT2D eigenvalue weighted by Crippen LogP contribution is -2.41. The van der Waals surface area contributed by atoms with Crippen molar-refractivity contribution in [3.05, 3.63) is 65.5 Å². The lowest BCUT2D eigenvalue weighted by molar-refractivity contribution is 0.0919. The van der Waals surface area contributed by atoms with Gasteiger partial charge in [-0.15, -0.1) is 0 Å². The third kappa shape index (κ3) is 8.11. The van der Waals surface area contributed by atoms with E-state index >= 15 is 0 Å². The predicted molar refractivity (Wildman–Crippen MR) is 118 cm³/mol. The van der Waals surface area contributed by atoms with E-state index in [-0.39, 0.29) is 23.4 Å². The van der Waals surface area contributed by atoms with E-state index in [0.29, 0.717) is 30.4 Å². The van der Waals surface area contributed by atoms with Crippen molar-refractivity contribution in [3.63, 3.8) is 0 Å². The Morgan fingerprint density at radius 1 is 1.13 bits per heavy atom. The standard InChI is InChI=1S/C23H31FN4O2/c1-16(30-20-11-7-10-19(24)13-20)14-26-22(25-5)27-15-17-8-6-9-18(12-17)21(29)28-23(2,3)4/h6-13,16H,14-15H2,1-5H3,(H,28,29)(H2,25,26,27). The molecule has 1 atom stereocenters. The smallest absolute Gasteiger partial charge is 0.251 e. The molecule has 2 rings (SSSR count). The molecule has 1 amide bonds. The summed E-state index contributed by atoms with van der Waals surface area (Å²) in [5.41, 5.74) is 1.29. The van der Waals surface area contributed by atoms with E-state index in [1.807, 2.05) is 45.9 Å². The second kappa shape index (κ2) is 10.6. The summed E-state index contributed by atoms with van der Waals surface area (Å²) in [6.45, 7) is 8.74. The first-order chi connectivity index (χ1) is 14.2. The molecule has 6 nitrogen and oxygen atoms in total. The number of guanidine groups is 1. The lowest BCUT2D eigenvalue weighted by Gasteiger charge is -2.20. The molecule has 0 spiro atoms. The van der Waals surface area contributed by atoms with Crippen molar-refractivity contribution < 1.29 is 13.9 Å². The van der Waals surface area contributed by atoms with Crippen LogP contribution in [0.1, 0.15) is 43.6 Å². The number of nitrogens with zero attached hydrogens (tertiary/aromatic N) is 1. The van der Waals surface area contributed by atoms with Crippen LogP contribution in [0.15, 0.2) is 53.5 Å². The predicted octanol–water partition coefficient (Wildman–Crippen LogP) is 3.49. The first-order valence-electron chi connectivity index (χ1n) is 9.94. The fraction of sp³-hybridized carbons (Fsp3) is 0.391. The summed E-state index contributed by atoms with van der Waals surface area (Å²) < 4.78 is 19.0. The van der Waals surface area contributed by atoms with Crippen LogP contribution in [0.25, 0.3) is 0 Å². The molecule has 1 unspecified atom stereocenters. The molecule has 0 bridgehead atoms. The molecule has 0 aliphatic rings. The van der Waals surface area contributed by atoms with Gasteiger partial charge in [0.05, 0.1) is 6.54 Å². The van der Waals surface area contributed by atoms with Gasteiger partial charge in [0.15, 0.2) is 5.96 Å². The van der Waals surface area contributed by atoms with E-state index in [1.165, 1.54) is 12.1 Å². The Balaban J connectivity index is 1.85. The zero-order valence-corrected chi connectivity index (χ0v) is 18.3. The van der Waals surface area contributed by atoms with E-state index in [0.717, 1.165) is 5.56 Å². The van der Waals surface area contributed by atoms with Crippen molar-refractivity contribution in [1.29, 1.82) is 0 Å². The van der Waals surface area contributed by atoms with Gasteiger partial charge in [-0.05, 0) is 57.5 Å². The summed E-state index contributed by atoms with van der Waals surface area (Å²) in [5.74, 6) is 0.658. The number of hydrogen-bond donors (Lipinski definition) is 3. The number of carbonyl (C=O) groups excluding carboxylic acids is 1. The third-order valence-corrected chi connectivity index (χ3v) is 4.05. The van der Waals surface area contributed by atoms with Gasteiger partial charge in [0.25, 0.3) is 5.91 Å². The van der Waals surface area contributed by atoms with Crippen LogP contribution < -0.4 is 20.7 Å². The maximum Gasteiger partial charge on any atom is 0.251 e. The van der Waals surface area contributed by atoms with Crippen LogP contribution in [0, 0.1) is 5.82 Å². The van der Waals surface area contributed by atoms with E-state index < -0.39 is 0 Å². The number of benzene rings is 2. The number of hydrogen-bond acceptors (Lipinski definition) is 3. The van der Waals surface area contributed by atoms with Crippen LogP contribution in [-0.4, -0.2) is 37.1 Å². The topological polar surface area (TPSA) is 74.8 Å². The van der Waals surface area contributed by atoms with E-state index in [1.54, 1.807) is 25.2 Å². The molecule has 3 N–H and O–H groups in total. The Labute approximate surface area is 177 Å². The van der Waals surface area contributed by atoms with Gasteiger partial charge < -0.3 is 20.7 Å². The highest BCUT2D eigenvalue weighted by Gasteiger charge is 2.15. The van der Waals surface area contributed by atoms with Crippen molar-refractivity contribution in [3.8, 4) is 5.75 Å². The van der Waals surface area contributed by atoms with Gasteiger partial charge in [-0.2, -0.15) is 0 Å². The molecule has 0 heterocycles. The van der Waals surface area contributed by atoms with Gasteiger partial charge >= 0.3 is 0 Å². The molecular formula is C23H31FN4O2. The van der Waals surface area contributed by atoms with Gasteiger partial charge in [-0.25, -0.2) is 4.39 Å². The summed E-state index contributed by atoms with van der Waals surface area (Å²) in [4.78, 5) is 16.6. The summed E-state index contributed by atoms with van der Waals surface area (Å²) in [5, 5.41) is 9.37. The first kappa shape index (κ1) is 23.2. The minimum atomic E-state index is -0.330. The minimum Gasteiger partial charge on any atom is -0.489 e. The molecule has 0 fully saturated rings. The fourth-order valence-electron chi connectivity index (χ4n) is 2.70. The average Bonchev–Trinajstić information content (AvgIpc) is 2.67. The molecule has 0 aliphatic heterocycles. The Bertz CT molecular complexity index is 878. The summed E-state index contributed by atoms with van der Waals surface area (Å²) >= 11 is 0. The Hall–Kier alpha value is -3.09. The number of aliphatic imine (C=N–C) groups is 1. The number of ether oxygens (including phenoxy) is 1. The molecular weight excluding hydrogens is 383 g/mol. The third-order valence-electron chi connectivity index (χ3n) is 4.05. The molecule has 7 heteroatoms. The second-order valence-corrected chi connectivity index (χ2v) is 8.10. The van der Waals surface area contributed by atoms with Crippen LogP contribution in [0.5, 0.6) is 5.75 Å². The molecule has 0 aliphatic carbocycles. The molecule has 2 aromatic carbocycles. The second-order valence-electron chi connectivity index (χ2n) is 8.10. The quantitative estimate of drug-likeness (QED) is 0.479. The molecule has 0 radical (unpaired) electrons. The number of nitrogens with one attached hydrogen (secondary N) is 3. The van der Waals surface area contributed by atoms with Crippen molar-refractivity contribution in [1.82, 2.24) is 16.0 Å². The number of rotatable bonds is 7. The van der Waals surface area contributed by atoms with Crippen LogP contribution in [0.3, 0.4) is 0 Å². The number of halogens is 1. The van der Waals surface area contributed by atoms with Gasteiger partial charge in [0.1, 0.15) is 17.7 Å². The van der Waals surface area contributed by atoms with Crippen LogP contribution in [0.4, 0.5) is 4.39 Å². The van der Waals surface area contributed by atoms with Gasteiger partial charge in [-0.3, -0.25) is 9.79 Å². The monoisotopic (exact) mass is 414 g/mol. The number of carbonyl (C=O) groups is 1. The highest BCUT2D eigenvalue weighted by molar-refractivity contribution is 5.94. The highest BCUT2D eigenvalue weighted by atomic mass is 19.1. The van der Waals surface area contributed by atoms with Gasteiger partial charge in [0.2, 0.25) is 0 Å². The van der Waals surface area contributed by atoms with Crippen LogP contribution >= 0.6 is 0 Å². The SMILES string of the molecule is CN=C(NCc1cccc(C(=O)NC(C)(C)C)c1)NCC(C)Oc1cccc(F)c1. The fourth-order valence-corrected chi connectivity index (χ4v) is 2.70. The summed E-state index contributed by atoms with van der Waals surface area (Å²) in [6.07, 6.45) is -0.185. The van der Waals surface area contributed by atoms with Gasteiger partial charge in [0, 0.05) is 30.8 Å². The van der Waals surface area contributed by atoms with Crippen LogP contribution in [-0.2, 0) is 6.54 Å². The molecule has 30 heavy (non-hydrogen) atoms. The average molecular weight is 415 g/mol. The van der Waals surface area contributed by atoms with Gasteiger partial charge in [-0.1, -0.05) is 18.2 Å². The van der Waals surface area contributed by atoms with E-state index in [2.05, 4.69) is 20.9 Å². The van der Waals surface area contributed by atoms with E-state index in [4.69, 9.17) is 4.74 Å². The maximum atomic E-state index is 13.3. The Kier molecular flexibility index (Phi) is 8.21. The molecule has 0 saturated carbocycles. The first-order valence-corrected chi connectivity index (χ1v) is 9.94. The van der Waals surface area contributed by atoms with Crippen molar-refractivity contribution in [2.24, 2.45) is 4.99 Å². The Morgan fingerprint density at radius 2 is 1.87 bits per heavy atom. The molecule has 2 aromatic rings. The molecule has 0 aromatic heterocycles. The lowest BCUT2D eigenvalue weighted by atomic mass is 10.1. The van der Waals surface area contributed by atoms with Crippen molar-refractivity contribution in [2.75, 3.05) is 13.6 Å². The highest BCUT2D eigenvalue weighted by Crippen LogP contribution is 2.13. The summed E-state index contributed by atoms with van der Waals surface area (Å²) in [6, 6.07) is 13.5. The van der Waals surface area contributed by atoms with E-state index in [9.17, 15) is 9.18 Å². The minimum absolute atomic E-state index is 0.102. The summed E-state index contributed by atoms with van der Waals surface area (Å²) in [7, 11) is 1.68. The molecule has 162 valence electrons. The number of amides is 1. The zero-order chi connectivity index (χ0) is 22.1. The molecule has 0 saturated heterocycles. The van der Waals surface area contributed by atoms with Crippen LogP contribution in [0.2, 0.25) is 0 Å². The largest absolute Gasteiger partial charge is 0.489 e. The zero-order valence-electron chi connectivity index (χ0n) is 18.3. The normalized spacial score (nSPS) is 12.8.